The lowest BCUT2D eigenvalue weighted by Crippen LogP contribution is -2.34. The van der Waals surface area contributed by atoms with Crippen LogP contribution in [0.3, 0.4) is 0 Å². The number of anilines is 1. The van der Waals surface area contributed by atoms with Crippen molar-refractivity contribution >= 4 is 11.8 Å². The van der Waals surface area contributed by atoms with E-state index in [-0.39, 0.29) is 5.69 Å². The largest absolute Gasteiger partial charge is 0.497 e. The van der Waals surface area contributed by atoms with Crippen LogP contribution in [0.25, 0.3) is 0 Å². The average Bonchev–Trinajstić information content (AvgIpc) is 2.37. The number of rotatable bonds is 5. The number of carbonyl (C=O) groups excluding carboxylic acids is 1. The van der Waals surface area contributed by atoms with Crippen LogP contribution in [0.2, 0.25) is 0 Å². The molecule has 0 unspecified atom stereocenters. The topological polar surface area (TPSA) is 47.6 Å². The summed E-state index contributed by atoms with van der Waals surface area (Å²) in [6.07, 6.45) is -5.13. The first-order chi connectivity index (χ1) is 8.85. The minimum absolute atomic E-state index is 0.256. The summed E-state index contributed by atoms with van der Waals surface area (Å²) >= 11 is 0. The molecule has 1 aromatic carbocycles. The van der Waals surface area contributed by atoms with E-state index in [9.17, 15) is 22.4 Å². The van der Waals surface area contributed by atoms with Crippen LogP contribution in [-0.4, -0.2) is 32.2 Å². The van der Waals surface area contributed by atoms with E-state index in [1.807, 2.05) is 0 Å². The molecule has 0 aliphatic carbocycles. The Hall–Kier alpha value is -1.99. The first-order valence-electron chi connectivity index (χ1n) is 5.09. The van der Waals surface area contributed by atoms with Crippen molar-refractivity contribution in [1.82, 2.24) is 0 Å². The van der Waals surface area contributed by atoms with Crippen LogP contribution in [0.15, 0.2) is 24.3 Å². The van der Waals surface area contributed by atoms with Gasteiger partial charge in [-0.3, -0.25) is 5.32 Å². The molecule has 0 aliphatic rings. The van der Waals surface area contributed by atoms with E-state index in [4.69, 9.17) is 4.74 Å². The molecule has 0 aromatic heterocycles. The van der Waals surface area contributed by atoms with Gasteiger partial charge >= 0.3 is 18.4 Å². The van der Waals surface area contributed by atoms with Gasteiger partial charge in [-0.25, -0.2) is 13.6 Å². The zero-order chi connectivity index (χ0) is 14.5. The first kappa shape index (κ1) is 15.1. The lowest BCUT2D eigenvalue weighted by molar-refractivity contribution is -0.153. The summed E-state index contributed by atoms with van der Waals surface area (Å²) in [4.78, 5) is 11.1. The summed E-state index contributed by atoms with van der Waals surface area (Å²) in [7, 11) is 1.45. The van der Waals surface area contributed by atoms with Gasteiger partial charge in [0.2, 0.25) is 0 Å². The summed E-state index contributed by atoms with van der Waals surface area (Å²) in [6, 6.07) is 5.91. The maximum atomic E-state index is 12.5. The fourth-order valence-electron chi connectivity index (χ4n) is 1.05. The molecule has 1 aromatic rings. The number of halogens is 4. The van der Waals surface area contributed by atoms with Crippen molar-refractivity contribution in [2.75, 3.05) is 19.0 Å². The van der Waals surface area contributed by atoms with Crippen molar-refractivity contribution in [3.63, 3.8) is 0 Å². The molecule has 1 rings (SSSR count). The van der Waals surface area contributed by atoms with Crippen LogP contribution < -0.4 is 10.1 Å². The van der Waals surface area contributed by atoms with Gasteiger partial charge < -0.3 is 9.47 Å². The minimum Gasteiger partial charge on any atom is -0.497 e. The highest BCUT2D eigenvalue weighted by atomic mass is 19.3. The Morgan fingerprint density at radius 2 is 1.89 bits per heavy atom. The number of hydrogen-bond donors (Lipinski definition) is 1. The summed E-state index contributed by atoms with van der Waals surface area (Å²) in [6.45, 7) is -1.69. The van der Waals surface area contributed by atoms with Crippen molar-refractivity contribution in [2.45, 2.75) is 12.3 Å². The Bertz CT molecular complexity index is 422. The van der Waals surface area contributed by atoms with Crippen molar-refractivity contribution < 1.29 is 31.8 Å². The average molecular weight is 281 g/mol. The summed E-state index contributed by atoms with van der Waals surface area (Å²) in [5, 5.41) is 2.11. The molecule has 0 aliphatic heterocycles. The Labute approximate surface area is 106 Å². The molecule has 0 saturated heterocycles. The van der Waals surface area contributed by atoms with Crippen molar-refractivity contribution in [2.24, 2.45) is 0 Å². The van der Waals surface area contributed by atoms with Crippen LogP contribution in [-0.2, 0) is 4.74 Å². The van der Waals surface area contributed by atoms with Gasteiger partial charge in [0.25, 0.3) is 0 Å². The Kier molecular flexibility index (Phi) is 4.96. The monoisotopic (exact) mass is 281 g/mol. The summed E-state index contributed by atoms with van der Waals surface area (Å²) < 4.78 is 57.4. The van der Waals surface area contributed by atoms with E-state index in [1.165, 1.54) is 31.4 Å². The third-order valence-corrected chi connectivity index (χ3v) is 2.05. The highest BCUT2D eigenvalue weighted by Gasteiger charge is 2.42. The van der Waals surface area contributed by atoms with Crippen molar-refractivity contribution in [3.05, 3.63) is 24.3 Å². The van der Waals surface area contributed by atoms with Crippen LogP contribution in [0.1, 0.15) is 0 Å². The van der Waals surface area contributed by atoms with Crippen molar-refractivity contribution in [1.29, 1.82) is 0 Å². The summed E-state index contributed by atoms with van der Waals surface area (Å²) in [5.74, 6) is -3.83. The maximum absolute atomic E-state index is 12.5. The number of methoxy groups -OCH3 is 1. The molecule has 0 saturated carbocycles. The summed E-state index contributed by atoms with van der Waals surface area (Å²) in [5.41, 5.74) is 0.256. The van der Waals surface area contributed by atoms with Crippen LogP contribution >= 0.6 is 0 Å². The fraction of sp³-hybridized carbons (Fsp3) is 0.364. The Balaban J connectivity index is 2.47. The Morgan fingerprint density at radius 1 is 1.32 bits per heavy atom. The van der Waals surface area contributed by atoms with E-state index in [1.54, 1.807) is 0 Å². The number of ether oxygens (including phenoxy) is 2. The Morgan fingerprint density at radius 3 is 2.37 bits per heavy atom. The van der Waals surface area contributed by atoms with Gasteiger partial charge in [-0.2, -0.15) is 8.78 Å². The standard InChI is InChI=1S/C11H11F4NO3/c1-18-8-4-2-7(3-5-8)16-10(17)19-6-11(14,15)9(12)13/h2-5,9H,6H2,1H3,(H,16,17). The van der Waals surface area contributed by atoms with E-state index in [2.05, 4.69) is 10.1 Å². The molecule has 1 amide bonds. The molecule has 0 heterocycles. The smallest absolute Gasteiger partial charge is 0.411 e. The maximum Gasteiger partial charge on any atom is 0.411 e. The van der Waals surface area contributed by atoms with E-state index < -0.39 is 25.0 Å². The normalized spacial score (nSPS) is 11.3. The molecule has 0 atom stereocenters. The van der Waals surface area contributed by atoms with Gasteiger partial charge in [0.15, 0.2) is 6.61 Å². The van der Waals surface area contributed by atoms with Gasteiger partial charge in [0, 0.05) is 5.69 Å². The number of nitrogens with one attached hydrogen (secondary N) is 1. The first-order valence-corrected chi connectivity index (χ1v) is 5.09. The molecule has 0 spiro atoms. The van der Waals surface area contributed by atoms with Gasteiger partial charge in [0.1, 0.15) is 5.75 Å². The SMILES string of the molecule is COc1ccc(NC(=O)OCC(F)(F)C(F)F)cc1. The fourth-order valence-corrected chi connectivity index (χ4v) is 1.05. The predicted molar refractivity (Wildman–Crippen MR) is 58.9 cm³/mol. The molecule has 1 N–H and O–H groups in total. The molecular formula is C11H11F4NO3. The van der Waals surface area contributed by atoms with Gasteiger partial charge in [0.05, 0.1) is 7.11 Å². The van der Waals surface area contributed by atoms with E-state index in [0.717, 1.165) is 0 Å². The molecule has 4 nitrogen and oxygen atoms in total. The number of amides is 1. The molecular weight excluding hydrogens is 270 g/mol. The van der Waals surface area contributed by atoms with Gasteiger partial charge in [-0.05, 0) is 24.3 Å². The van der Waals surface area contributed by atoms with E-state index in [0.29, 0.717) is 5.75 Å². The van der Waals surface area contributed by atoms with Crippen LogP contribution in [0.5, 0.6) is 5.75 Å². The molecule has 0 bridgehead atoms. The second-order valence-corrected chi connectivity index (χ2v) is 3.49. The second kappa shape index (κ2) is 6.26. The molecule has 8 heteroatoms. The molecule has 0 fully saturated rings. The molecule has 19 heavy (non-hydrogen) atoms. The lowest BCUT2D eigenvalue weighted by Gasteiger charge is -2.15. The number of benzene rings is 1. The zero-order valence-corrected chi connectivity index (χ0v) is 9.83. The highest BCUT2D eigenvalue weighted by molar-refractivity contribution is 5.84. The molecule has 0 radical (unpaired) electrons. The number of alkyl halides is 4. The highest BCUT2D eigenvalue weighted by Crippen LogP contribution is 2.23. The van der Waals surface area contributed by atoms with Crippen LogP contribution in [0.4, 0.5) is 28.0 Å². The number of carbonyl (C=O) groups is 1. The quantitative estimate of drug-likeness (QED) is 0.843. The van der Waals surface area contributed by atoms with Gasteiger partial charge in [-0.1, -0.05) is 0 Å². The zero-order valence-electron chi connectivity index (χ0n) is 9.83. The third-order valence-electron chi connectivity index (χ3n) is 2.05. The second-order valence-electron chi connectivity index (χ2n) is 3.49. The minimum atomic E-state index is -4.36. The van der Waals surface area contributed by atoms with E-state index >= 15 is 0 Å². The van der Waals surface area contributed by atoms with Crippen LogP contribution in [0, 0.1) is 0 Å². The van der Waals surface area contributed by atoms with Crippen molar-refractivity contribution in [3.8, 4) is 5.75 Å². The number of hydrogen-bond acceptors (Lipinski definition) is 3. The molecule has 106 valence electrons. The van der Waals surface area contributed by atoms with Gasteiger partial charge in [-0.15, -0.1) is 0 Å². The predicted octanol–water partition coefficient (Wildman–Crippen LogP) is 3.14. The third kappa shape index (κ3) is 4.65. The lowest BCUT2D eigenvalue weighted by atomic mass is 10.3.